The van der Waals surface area contributed by atoms with E-state index in [2.05, 4.69) is 22.2 Å². The summed E-state index contributed by atoms with van der Waals surface area (Å²) < 4.78 is 0.972. The predicted octanol–water partition coefficient (Wildman–Crippen LogP) is 3.82. The van der Waals surface area contributed by atoms with Gasteiger partial charge in [-0.2, -0.15) is 0 Å². The minimum absolute atomic E-state index is 0.0182. The van der Waals surface area contributed by atoms with Crippen LogP contribution in [0.1, 0.15) is 35.0 Å². The third kappa shape index (κ3) is 3.05. The van der Waals surface area contributed by atoms with Crippen LogP contribution in [0.2, 0.25) is 0 Å². The van der Waals surface area contributed by atoms with Crippen molar-refractivity contribution in [1.29, 1.82) is 0 Å². The van der Waals surface area contributed by atoms with Crippen LogP contribution in [0.15, 0.2) is 28.0 Å². The Morgan fingerprint density at radius 1 is 1.39 bits per heavy atom. The van der Waals surface area contributed by atoms with Gasteiger partial charge >= 0.3 is 4.87 Å². The molecule has 2 unspecified atom stereocenters. The highest BCUT2D eigenvalue weighted by atomic mass is 32.1. The molecule has 0 fully saturated rings. The van der Waals surface area contributed by atoms with E-state index >= 15 is 0 Å². The molecule has 0 saturated carbocycles. The van der Waals surface area contributed by atoms with Crippen molar-refractivity contribution in [1.82, 2.24) is 9.88 Å². The maximum atomic E-state index is 11.6. The maximum absolute atomic E-state index is 11.6. The molecule has 8 heteroatoms. The number of nitrogens with two attached hydrogens (primary N) is 1. The summed E-state index contributed by atoms with van der Waals surface area (Å²) in [4.78, 5) is 22.8. The summed E-state index contributed by atoms with van der Waals surface area (Å²) >= 11 is 3.08. The average Bonchev–Trinajstić information content (AvgIpc) is 3.23. The number of nitrogens with one attached hydrogen (secondary N) is 2. The van der Waals surface area contributed by atoms with Gasteiger partial charge in [0, 0.05) is 23.2 Å². The first kappa shape index (κ1) is 17.9. The molecule has 2 aliphatic rings. The highest BCUT2D eigenvalue weighted by Crippen LogP contribution is 2.47. The van der Waals surface area contributed by atoms with Crippen LogP contribution in [-0.2, 0) is 12.8 Å². The van der Waals surface area contributed by atoms with Crippen molar-refractivity contribution in [2.24, 2.45) is 16.6 Å². The molecule has 0 radical (unpaired) electrons. The lowest BCUT2D eigenvalue weighted by atomic mass is 9.84. The molecule has 0 spiro atoms. The molecule has 4 N–H and O–H groups in total. The van der Waals surface area contributed by atoms with E-state index in [1.54, 1.807) is 0 Å². The van der Waals surface area contributed by atoms with Crippen LogP contribution < -0.4 is 15.9 Å². The molecular weight excluding hydrogens is 390 g/mol. The summed E-state index contributed by atoms with van der Waals surface area (Å²) in [7, 11) is 2.06. The van der Waals surface area contributed by atoms with E-state index in [0.717, 1.165) is 46.7 Å². The van der Waals surface area contributed by atoms with E-state index in [1.165, 1.54) is 33.8 Å². The zero-order chi connectivity index (χ0) is 19.3. The Hall–Kier alpha value is -2.16. The number of rotatable bonds is 4. The zero-order valence-electron chi connectivity index (χ0n) is 15.7. The minimum Gasteiger partial charge on any atom is -0.361 e. The summed E-state index contributed by atoms with van der Waals surface area (Å²) in [5.74, 6) is 0.699. The van der Waals surface area contributed by atoms with Crippen molar-refractivity contribution < 1.29 is 0 Å². The summed E-state index contributed by atoms with van der Waals surface area (Å²) in [6.07, 6.45) is 6.49. The number of hydrogen-bond acceptors (Lipinski definition) is 7. The van der Waals surface area contributed by atoms with Gasteiger partial charge in [-0.25, -0.2) is 4.99 Å². The Balaban J connectivity index is 1.49. The molecule has 5 rings (SSSR count). The summed E-state index contributed by atoms with van der Waals surface area (Å²) in [5, 5.41) is 4.80. The quantitative estimate of drug-likeness (QED) is 0.607. The SMILES string of the molecule is CN1C=Nc2sc3c(c2C1Nc1ccc2[nH]c(=O)sc2c1)CCC(CCN)C3. The van der Waals surface area contributed by atoms with E-state index in [0.29, 0.717) is 5.92 Å². The van der Waals surface area contributed by atoms with Gasteiger partial charge in [0.05, 0.1) is 16.6 Å². The Kier molecular flexibility index (Phi) is 4.49. The number of hydrogen-bond donors (Lipinski definition) is 3. The van der Waals surface area contributed by atoms with Gasteiger partial charge < -0.3 is 20.9 Å². The molecule has 146 valence electrons. The van der Waals surface area contributed by atoms with Crippen LogP contribution in [0.4, 0.5) is 10.7 Å². The van der Waals surface area contributed by atoms with Crippen molar-refractivity contribution in [2.75, 3.05) is 18.9 Å². The summed E-state index contributed by atoms with van der Waals surface area (Å²) in [6, 6.07) is 6.04. The molecule has 1 aliphatic heterocycles. The van der Waals surface area contributed by atoms with Gasteiger partial charge in [-0.15, -0.1) is 11.3 Å². The van der Waals surface area contributed by atoms with Crippen LogP contribution in [0.5, 0.6) is 0 Å². The Morgan fingerprint density at radius 2 is 2.29 bits per heavy atom. The molecule has 0 amide bonds. The zero-order valence-corrected chi connectivity index (χ0v) is 17.3. The van der Waals surface area contributed by atoms with Crippen molar-refractivity contribution in [2.45, 2.75) is 31.8 Å². The van der Waals surface area contributed by atoms with Crippen LogP contribution in [0, 0.1) is 5.92 Å². The third-order valence-electron chi connectivity index (χ3n) is 5.73. The minimum atomic E-state index is -0.0182. The fourth-order valence-electron chi connectivity index (χ4n) is 4.31. The largest absolute Gasteiger partial charge is 0.361 e. The van der Waals surface area contributed by atoms with Crippen molar-refractivity contribution in [3.05, 3.63) is 43.9 Å². The predicted molar refractivity (Wildman–Crippen MR) is 118 cm³/mol. The number of thiazole rings is 1. The van der Waals surface area contributed by atoms with Crippen molar-refractivity contribution >= 4 is 49.9 Å². The molecule has 6 nitrogen and oxygen atoms in total. The molecule has 3 heterocycles. The molecule has 0 saturated heterocycles. The van der Waals surface area contributed by atoms with E-state index in [-0.39, 0.29) is 11.0 Å². The van der Waals surface area contributed by atoms with E-state index in [9.17, 15) is 4.79 Å². The average molecular weight is 414 g/mol. The first-order valence-corrected chi connectivity index (χ1v) is 11.3. The number of fused-ring (bicyclic) bond motifs is 4. The molecule has 28 heavy (non-hydrogen) atoms. The van der Waals surface area contributed by atoms with Crippen LogP contribution in [0.3, 0.4) is 0 Å². The van der Waals surface area contributed by atoms with E-state index < -0.39 is 0 Å². The van der Waals surface area contributed by atoms with Crippen LogP contribution in [0.25, 0.3) is 10.2 Å². The van der Waals surface area contributed by atoms with Crippen molar-refractivity contribution in [3.8, 4) is 0 Å². The van der Waals surface area contributed by atoms with E-state index in [4.69, 9.17) is 10.7 Å². The lowest BCUT2D eigenvalue weighted by molar-refractivity contribution is 0.406. The van der Waals surface area contributed by atoms with Gasteiger partial charge in [0.25, 0.3) is 0 Å². The topological polar surface area (TPSA) is 86.5 Å². The number of benzene rings is 1. The van der Waals surface area contributed by atoms with Gasteiger partial charge in [-0.3, -0.25) is 4.79 Å². The lowest BCUT2D eigenvalue weighted by Gasteiger charge is -2.32. The number of H-pyrrole nitrogens is 1. The van der Waals surface area contributed by atoms with Gasteiger partial charge in [-0.1, -0.05) is 11.3 Å². The van der Waals surface area contributed by atoms with Gasteiger partial charge in [-0.05, 0) is 61.9 Å². The number of thiophene rings is 1. The number of anilines is 1. The third-order valence-corrected chi connectivity index (χ3v) is 7.75. The molecule has 3 aromatic rings. The second-order valence-electron chi connectivity index (χ2n) is 7.59. The van der Waals surface area contributed by atoms with Gasteiger partial charge in [0.1, 0.15) is 11.2 Å². The monoisotopic (exact) mass is 413 g/mol. The Labute approximate surface area is 171 Å². The first-order chi connectivity index (χ1) is 13.6. The molecule has 2 aromatic heterocycles. The molecule has 1 aromatic carbocycles. The highest BCUT2D eigenvalue weighted by Gasteiger charge is 2.32. The Morgan fingerprint density at radius 3 is 3.14 bits per heavy atom. The Bertz CT molecular complexity index is 1110. The van der Waals surface area contributed by atoms with Gasteiger partial charge in [0.15, 0.2) is 0 Å². The van der Waals surface area contributed by atoms with Crippen LogP contribution >= 0.6 is 22.7 Å². The lowest BCUT2D eigenvalue weighted by Crippen LogP contribution is -2.32. The normalized spacial score (nSPS) is 21.0. The summed E-state index contributed by atoms with van der Waals surface area (Å²) in [6.45, 7) is 0.768. The smallest absolute Gasteiger partial charge is 0.305 e. The van der Waals surface area contributed by atoms with Crippen molar-refractivity contribution in [3.63, 3.8) is 0 Å². The molecule has 2 atom stereocenters. The fourth-order valence-corrected chi connectivity index (χ4v) is 6.41. The highest BCUT2D eigenvalue weighted by molar-refractivity contribution is 7.16. The van der Waals surface area contributed by atoms with Crippen LogP contribution in [-0.4, -0.2) is 29.8 Å². The molecule has 0 bridgehead atoms. The molecular formula is C20H23N5OS2. The standard InChI is InChI=1S/C20H23N5OS2/c1-25-10-22-19-17(13-4-2-11(6-7-21)8-15(13)27-19)18(25)23-12-3-5-14-16(9-12)28-20(26)24-14/h3,5,9-11,18,23H,2,4,6-8,21H2,1H3,(H,24,26). The second-order valence-corrected chi connectivity index (χ2v) is 9.69. The fraction of sp³-hybridized carbons (Fsp3) is 0.400. The maximum Gasteiger partial charge on any atom is 0.305 e. The number of aromatic amines is 1. The van der Waals surface area contributed by atoms with E-state index in [1.807, 2.05) is 35.9 Å². The number of nitrogens with zero attached hydrogens (tertiary/aromatic N) is 2. The first-order valence-electron chi connectivity index (χ1n) is 9.62. The molecule has 1 aliphatic carbocycles. The number of aliphatic imine (C=N–C) groups is 1. The second kappa shape index (κ2) is 7.02. The number of aromatic nitrogens is 1. The summed E-state index contributed by atoms with van der Waals surface area (Å²) in [5.41, 5.74) is 10.5. The van der Waals surface area contributed by atoms with Gasteiger partial charge in [0.2, 0.25) is 0 Å².